The number of hydrogen-bond donors (Lipinski definition) is 0. The van der Waals surface area contributed by atoms with Crippen molar-refractivity contribution in [3.8, 4) is 5.75 Å². The molecule has 2 aromatic rings. The van der Waals surface area contributed by atoms with Crippen LogP contribution in [0.25, 0.3) is 0 Å². The molecular formula is C16H16Cl2N2O3S. The highest BCUT2D eigenvalue weighted by Crippen LogP contribution is 2.23. The molecule has 2 heterocycles. The van der Waals surface area contributed by atoms with E-state index in [0.717, 1.165) is 19.4 Å². The first-order chi connectivity index (χ1) is 11.6. The fraction of sp³-hybridized carbons (Fsp3) is 0.375. The number of aromatic nitrogens is 1. The van der Waals surface area contributed by atoms with E-state index in [4.69, 9.17) is 32.7 Å². The van der Waals surface area contributed by atoms with E-state index in [2.05, 4.69) is 4.99 Å². The van der Waals surface area contributed by atoms with Crippen molar-refractivity contribution in [1.82, 2.24) is 4.57 Å². The zero-order valence-electron chi connectivity index (χ0n) is 13.0. The molecular weight excluding hydrogens is 371 g/mol. The Hall–Kier alpha value is -1.34. The Balaban J connectivity index is 1.93. The van der Waals surface area contributed by atoms with E-state index in [9.17, 15) is 4.79 Å². The summed E-state index contributed by atoms with van der Waals surface area (Å²) in [6, 6.07) is 4.86. The van der Waals surface area contributed by atoms with Crippen LogP contribution in [0, 0.1) is 0 Å². The normalized spacial score (nSPS) is 18.1. The van der Waals surface area contributed by atoms with Gasteiger partial charge in [-0.05, 0) is 31.0 Å². The van der Waals surface area contributed by atoms with E-state index in [1.165, 1.54) is 18.4 Å². The van der Waals surface area contributed by atoms with Gasteiger partial charge in [-0.1, -0.05) is 34.5 Å². The Morgan fingerprint density at radius 2 is 2.33 bits per heavy atom. The molecule has 128 valence electrons. The van der Waals surface area contributed by atoms with Crippen LogP contribution in [0.1, 0.15) is 23.2 Å². The smallest absolute Gasteiger partial charge is 0.283 e. The number of nitrogens with zero attached hydrogens (tertiary/aromatic N) is 2. The molecule has 8 heteroatoms. The van der Waals surface area contributed by atoms with Gasteiger partial charge in [-0.25, -0.2) is 0 Å². The quantitative estimate of drug-likeness (QED) is 0.802. The first-order valence-electron chi connectivity index (χ1n) is 7.47. The minimum Gasteiger partial charge on any atom is -0.496 e. The summed E-state index contributed by atoms with van der Waals surface area (Å²) in [6.07, 6.45) is 3.95. The van der Waals surface area contributed by atoms with Gasteiger partial charge < -0.3 is 14.0 Å². The lowest BCUT2D eigenvalue weighted by Crippen LogP contribution is -2.23. The first-order valence-corrected chi connectivity index (χ1v) is 9.04. The molecule has 1 atom stereocenters. The fourth-order valence-corrected chi connectivity index (χ4v) is 3.79. The van der Waals surface area contributed by atoms with Crippen LogP contribution in [0.15, 0.2) is 29.4 Å². The summed E-state index contributed by atoms with van der Waals surface area (Å²) in [5, 5.41) is 0.450. The Bertz CT molecular complexity index is 810. The molecule has 0 N–H and O–H groups in total. The highest BCUT2D eigenvalue weighted by atomic mass is 35.5. The lowest BCUT2D eigenvalue weighted by Gasteiger charge is -2.10. The fourth-order valence-electron chi connectivity index (χ4n) is 2.57. The summed E-state index contributed by atoms with van der Waals surface area (Å²) >= 11 is 13.3. The number of thiazole rings is 1. The molecule has 0 aliphatic carbocycles. The number of carbonyl (C=O) groups is 1. The van der Waals surface area contributed by atoms with Crippen molar-refractivity contribution < 1.29 is 14.3 Å². The van der Waals surface area contributed by atoms with Gasteiger partial charge in [-0.2, -0.15) is 4.99 Å². The monoisotopic (exact) mass is 386 g/mol. The summed E-state index contributed by atoms with van der Waals surface area (Å²) in [6.45, 7) is 1.40. The number of ether oxygens (including phenoxy) is 2. The molecule has 24 heavy (non-hydrogen) atoms. The SMILES string of the molecule is COc1ccc(Cl)cc1C(=O)/N=c1\sc(Cl)cn1CC1CCCO1. The van der Waals surface area contributed by atoms with Crippen LogP contribution in [0.3, 0.4) is 0 Å². The summed E-state index contributed by atoms with van der Waals surface area (Å²) in [7, 11) is 1.50. The van der Waals surface area contributed by atoms with Crippen LogP contribution in [0.4, 0.5) is 0 Å². The average molecular weight is 387 g/mol. The average Bonchev–Trinajstić information content (AvgIpc) is 3.18. The third-order valence-electron chi connectivity index (χ3n) is 3.71. The van der Waals surface area contributed by atoms with Crippen molar-refractivity contribution in [3.63, 3.8) is 0 Å². The number of methoxy groups -OCH3 is 1. The summed E-state index contributed by atoms with van der Waals surface area (Å²) in [5.74, 6) is 0.00966. The van der Waals surface area contributed by atoms with Crippen molar-refractivity contribution in [3.05, 3.63) is 44.1 Å². The molecule has 0 radical (unpaired) electrons. The second-order valence-electron chi connectivity index (χ2n) is 5.37. The number of halogens is 2. The van der Waals surface area contributed by atoms with E-state index < -0.39 is 5.91 Å². The predicted molar refractivity (Wildman–Crippen MR) is 94.2 cm³/mol. The molecule has 0 bridgehead atoms. The predicted octanol–water partition coefficient (Wildman–Crippen LogP) is 3.79. The van der Waals surface area contributed by atoms with Gasteiger partial charge in [0, 0.05) is 17.8 Å². The lowest BCUT2D eigenvalue weighted by atomic mass is 10.2. The molecule has 1 aliphatic heterocycles. The number of benzene rings is 1. The van der Waals surface area contributed by atoms with Crippen LogP contribution >= 0.6 is 34.5 Å². The van der Waals surface area contributed by atoms with Gasteiger partial charge in [-0.3, -0.25) is 4.79 Å². The van der Waals surface area contributed by atoms with E-state index >= 15 is 0 Å². The number of amides is 1. The van der Waals surface area contributed by atoms with Gasteiger partial charge in [0.05, 0.1) is 25.3 Å². The molecule has 3 rings (SSSR count). The molecule has 1 fully saturated rings. The topological polar surface area (TPSA) is 52.8 Å². The van der Waals surface area contributed by atoms with Gasteiger partial charge >= 0.3 is 0 Å². The highest BCUT2D eigenvalue weighted by Gasteiger charge is 2.18. The molecule has 1 aromatic carbocycles. The van der Waals surface area contributed by atoms with Gasteiger partial charge in [0.2, 0.25) is 0 Å². The molecule has 1 unspecified atom stereocenters. The summed E-state index contributed by atoms with van der Waals surface area (Å²) in [5.41, 5.74) is 0.318. The zero-order chi connectivity index (χ0) is 17.1. The van der Waals surface area contributed by atoms with E-state index in [1.807, 2.05) is 4.57 Å². The van der Waals surface area contributed by atoms with Gasteiger partial charge in [-0.15, -0.1) is 0 Å². The molecule has 0 spiro atoms. The van der Waals surface area contributed by atoms with Gasteiger partial charge in [0.25, 0.3) is 5.91 Å². The van der Waals surface area contributed by atoms with Crippen LogP contribution in [-0.4, -0.2) is 30.3 Å². The molecule has 5 nitrogen and oxygen atoms in total. The molecule has 1 saturated heterocycles. The number of hydrogen-bond acceptors (Lipinski definition) is 4. The Morgan fingerprint density at radius 1 is 1.50 bits per heavy atom. The van der Waals surface area contributed by atoms with Crippen LogP contribution < -0.4 is 9.54 Å². The van der Waals surface area contributed by atoms with Crippen molar-refractivity contribution in [2.45, 2.75) is 25.5 Å². The standard InChI is InChI=1S/C16H16Cl2N2O3S/c1-22-13-5-4-10(17)7-12(13)15(21)19-16-20(9-14(18)24-16)8-11-3-2-6-23-11/h4-5,7,9,11H,2-3,6,8H2,1H3/b19-16-. The van der Waals surface area contributed by atoms with Crippen molar-refractivity contribution in [1.29, 1.82) is 0 Å². The minimum absolute atomic E-state index is 0.130. The van der Waals surface area contributed by atoms with Crippen molar-refractivity contribution >= 4 is 40.4 Å². The van der Waals surface area contributed by atoms with Gasteiger partial charge in [0.15, 0.2) is 4.80 Å². The maximum absolute atomic E-state index is 12.6. The second kappa shape index (κ2) is 7.70. The van der Waals surface area contributed by atoms with E-state index in [1.54, 1.807) is 24.4 Å². The first kappa shape index (κ1) is 17.5. The van der Waals surface area contributed by atoms with Crippen molar-refractivity contribution in [2.24, 2.45) is 4.99 Å². The Labute approximate surface area is 153 Å². The Morgan fingerprint density at radius 3 is 3.04 bits per heavy atom. The highest BCUT2D eigenvalue weighted by molar-refractivity contribution is 7.13. The largest absolute Gasteiger partial charge is 0.496 e. The Kier molecular flexibility index (Phi) is 5.61. The molecule has 1 aliphatic rings. The third-order valence-corrected chi connectivity index (χ3v) is 5.08. The minimum atomic E-state index is -0.422. The summed E-state index contributed by atoms with van der Waals surface area (Å²) in [4.78, 5) is 17.3. The maximum Gasteiger partial charge on any atom is 0.283 e. The molecule has 1 amide bonds. The second-order valence-corrected chi connectivity index (χ2v) is 7.44. The van der Waals surface area contributed by atoms with E-state index in [-0.39, 0.29) is 6.10 Å². The van der Waals surface area contributed by atoms with E-state index in [0.29, 0.717) is 32.0 Å². The number of carbonyl (C=O) groups excluding carboxylic acids is 1. The van der Waals surface area contributed by atoms with Crippen LogP contribution in [0.2, 0.25) is 9.36 Å². The summed E-state index contributed by atoms with van der Waals surface area (Å²) < 4.78 is 13.3. The van der Waals surface area contributed by atoms with Crippen molar-refractivity contribution in [2.75, 3.05) is 13.7 Å². The van der Waals surface area contributed by atoms with Gasteiger partial charge in [0.1, 0.15) is 10.1 Å². The van der Waals surface area contributed by atoms with Crippen LogP contribution in [-0.2, 0) is 11.3 Å². The molecule has 0 saturated carbocycles. The number of rotatable bonds is 4. The maximum atomic E-state index is 12.6. The lowest BCUT2D eigenvalue weighted by molar-refractivity contribution is 0.0949. The zero-order valence-corrected chi connectivity index (χ0v) is 15.3. The van der Waals surface area contributed by atoms with Crippen LogP contribution in [0.5, 0.6) is 5.75 Å². The third kappa shape index (κ3) is 4.00. The molecule has 1 aromatic heterocycles.